The fraction of sp³-hybridized carbons (Fsp3) is 0.211. The van der Waals surface area contributed by atoms with Gasteiger partial charge in [0.15, 0.2) is 5.78 Å². The number of rotatable bonds is 8. The van der Waals surface area contributed by atoms with Crippen molar-refractivity contribution < 1.29 is 14.4 Å². The van der Waals surface area contributed by atoms with E-state index in [1.807, 2.05) is 18.2 Å². The predicted octanol–water partition coefficient (Wildman–Crippen LogP) is 3.56. The maximum Gasteiger partial charge on any atom is 0.226 e. The van der Waals surface area contributed by atoms with Crippen LogP contribution in [0.2, 0.25) is 0 Å². The average Bonchev–Trinajstić information content (AvgIpc) is 2.62. The fourth-order valence-electron chi connectivity index (χ4n) is 2.16. The molecule has 0 saturated heterocycles. The van der Waals surface area contributed by atoms with Gasteiger partial charge in [-0.15, -0.1) is 0 Å². The number of Topliss-reactive ketones (excluding diaryl/α,β-unsaturated/α-hetero) is 1. The highest BCUT2D eigenvalue weighted by atomic mass is 79.9. The van der Waals surface area contributed by atoms with Gasteiger partial charge >= 0.3 is 0 Å². The third kappa shape index (κ3) is 6.89. The van der Waals surface area contributed by atoms with E-state index in [1.165, 1.54) is 0 Å². The minimum absolute atomic E-state index is 0.0660. The maximum atomic E-state index is 11.9. The standard InChI is InChI=1S/C19H19BrN2O3/c20-15-6-8-16(9-7-15)22-19(25)12-13-21-18(24)11-10-17(23)14-4-2-1-3-5-14/h1-9H,10-13H2,(H,21,24)(H,22,25). The first-order valence-electron chi connectivity index (χ1n) is 7.95. The quantitative estimate of drug-likeness (QED) is 0.662. The molecule has 0 saturated carbocycles. The second-order valence-corrected chi connectivity index (χ2v) is 6.36. The third-order valence-electron chi connectivity index (χ3n) is 3.48. The Morgan fingerprint density at radius 2 is 1.48 bits per heavy atom. The fourth-order valence-corrected chi connectivity index (χ4v) is 2.42. The van der Waals surface area contributed by atoms with E-state index >= 15 is 0 Å². The molecule has 0 aliphatic carbocycles. The van der Waals surface area contributed by atoms with Crippen LogP contribution < -0.4 is 10.6 Å². The first-order valence-corrected chi connectivity index (χ1v) is 8.74. The van der Waals surface area contributed by atoms with Crippen LogP contribution >= 0.6 is 15.9 Å². The Labute approximate surface area is 154 Å². The molecular weight excluding hydrogens is 384 g/mol. The molecule has 0 atom stereocenters. The molecule has 0 unspecified atom stereocenters. The van der Waals surface area contributed by atoms with Crippen LogP contribution in [0, 0.1) is 0 Å². The van der Waals surface area contributed by atoms with Crippen LogP contribution in [0.4, 0.5) is 5.69 Å². The summed E-state index contributed by atoms with van der Waals surface area (Å²) in [5.74, 6) is -0.479. The van der Waals surface area contributed by atoms with E-state index in [-0.39, 0.29) is 43.4 Å². The minimum Gasteiger partial charge on any atom is -0.356 e. The van der Waals surface area contributed by atoms with Crippen LogP contribution in [0.15, 0.2) is 59.1 Å². The number of halogens is 1. The second-order valence-electron chi connectivity index (χ2n) is 5.44. The van der Waals surface area contributed by atoms with E-state index in [9.17, 15) is 14.4 Å². The normalized spacial score (nSPS) is 10.1. The summed E-state index contributed by atoms with van der Waals surface area (Å²) in [4.78, 5) is 35.5. The lowest BCUT2D eigenvalue weighted by molar-refractivity contribution is -0.121. The van der Waals surface area contributed by atoms with E-state index in [1.54, 1.807) is 36.4 Å². The Kier molecular flexibility index (Phi) is 7.35. The molecule has 0 aromatic heterocycles. The first-order chi connectivity index (χ1) is 12.0. The van der Waals surface area contributed by atoms with Gasteiger partial charge in [-0.05, 0) is 24.3 Å². The molecule has 2 N–H and O–H groups in total. The van der Waals surface area contributed by atoms with Crippen LogP contribution in [0.5, 0.6) is 0 Å². The third-order valence-corrected chi connectivity index (χ3v) is 4.01. The van der Waals surface area contributed by atoms with Crippen LogP contribution in [-0.2, 0) is 9.59 Å². The molecule has 2 aromatic carbocycles. The zero-order chi connectivity index (χ0) is 18.1. The molecule has 0 bridgehead atoms. The molecule has 0 heterocycles. The minimum atomic E-state index is -0.235. The smallest absolute Gasteiger partial charge is 0.226 e. The number of carbonyl (C=O) groups is 3. The number of carbonyl (C=O) groups excluding carboxylic acids is 3. The average molecular weight is 403 g/mol. The van der Waals surface area contributed by atoms with Crippen molar-refractivity contribution in [2.75, 3.05) is 11.9 Å². The van der Waals surface area contributed by atoms with Gasteiger partial charge in [0, 0.05) is 41.5 Å². The van der Waals surface area contributed by atoms with E-state index in [0.29, 0.717) is 11.3 Å². The summed E-state index contributed by atoms with van der Waals surface area (Å²) >= 11 is 3.33. The Morgan fingerprint density at radius 3 is 2.16 bits per heavy atom. The molecule has 6 heteroatoms. The summed E-state index contributed by atoms with van der Waals surface area (Å²) in [6, 6.07) is 16.1. The highest BCUT2D eigenvalue weighted by molar-refractivity contribution is 9.10. The molecule has 0 fully saturated rings. The van der Waals surface area contributed by atoms with Crippen molar-refractivity contribution in [2.24, 2.45) is 0 Å². The number of benzene rings is 2. The summed E-state index contributed by atoms with van der Waals surface area (Å²) in [5.41, 5.74) is 1.30. The number of hydrogen-bond donors (Lipinski definition) is 2. The Balaban J connectivity index is 1.64. The molecule has 2 aromatic rings. The van der Waals surface area contributed by atoms with Gasteiger partial charge in [0.2, 0.25) is 11.8 Å². The SMILES string of the molecule is O=C(CCC(=O)c1ccccc1)NCCC(=O)Nc1ccc(Br)cc1. The highest BCUT2D eigenvalue weighted by Crippen LogP contribution is 2.14. The number of ketones is 1. The zero-order valence-corrected chi connectivity index (χ0v) is 15.2. The van der Waals surface area contributed by atoms with Crippen molar-refractivity contribution in [3.8, 4) is 0 Å². The van der Waals surface area contributed by atoms with Gasteiger partial charge in [-0.3, -0.25) is 14.4 Å². The van der Waals surface area contributed by atoms with Crippen molar-refractivity contribution in [1.82, 2.24) is 5.32 Å². The van der Waals surface area contributed by atoms with Gasteiger partial charge in [0.25, 0.3) is 0 Å². The van der Waals surface area contributed by atoms with E-state index in [2.05, 4.69) is 26.6 Å². The summed E-state index contributed by atoms with van der Waals surface area (Å²) in [6.45, 7) is 0.237. The lowest BCUT2D eigenvalue weighted by atomic mass is 10.1. The summed E-state index contributed by atoms with van der Waals surface area (Å²) in [5, 5.41) is 5.41. The Bertz CT molecular complexity index is 730. The van der Waals surface area contributed by atoms with Crippen LogP contribution in [0.3, 0.4) is 0 Å². The maximum absolute atomic E-state index is 11.9. The van der Waals surface area contributed by atoms with Gasteiger partial charge < -0.3 is 10.6 Å². The Hall–Kier alpha value is -2.47. The van der Waals surface area contributed by atoms with Crippen LogP contribution in [-0.4, -0.2) is 24.1 Å². The largest absolute Gasteiger partial charge is 0.356 e. The summed E-state index contributed by atoms with van der Waals surface area (Å²) < 4.78 is 0.933. The predicted molar refractivity (Wildman–Crippen MR) is 100 cm³/mol. The van der Waals surface area contributed by atoms with Gasteiger partial charge in [-0.2, -0.15) is 0 Å². The number of nitrogens with one attached hydrogen (secondary N) is 2. The molecule has 0 aliphatic rings. The lowest BCUT2D eigenvalue weighted by Crippen LogP contribution is -2.27. The molecular formula is C19H19BrN2O3. The second kappa shape index (κ2) is 9.74. The molecule has 0 spiro atoms. The van der Waals surface area contributed by atoms with Crippen LogP contribution in [0.25, 0.3) is 0 Å². The van der Waals surface area contributed by atoms with Gasteiger partial charge in [0.1, 0.15) is 0 Å². The van der Waals surface area contributed by atoms with Crippen molar-refractivity contribution in [1.29, 1.82) is 0 Å². The molecule has 0 aliphatic heterocycles. The van der Waals surface area contributed by atoms with E-state index in [4.69, 9.17) is 0 Å². The summed E-state index contributed by atoms with van der Waals surface area (Å²) in [6.07, 6.45) is 0.442. The van der Waals surface area contributed by atoms with Crippen molar-refractivity contribution in [3.63, 3.8) is 0 Å². The van der Waals surface area contributed by atoms with Crippen molar-refractivity contribution in [2.45, 2.75) is 19.3 Å². The summed E-state index contributed by atoms with van der Waals surface area (Å²) in [7, 11) is 0. The van der Waals surface area contributed by atoms with Crippen molar-refractivity contribution in [3.05, 3.63) is 64.6 Å². The number of anilines is 1. The molecule has 2 amide bonds. The molecule has 130 valence electrons. The van der Waals surface area contributed by atoms with Gasteiger partial charge in [-0.1, -0.05) is 46.3 Å². The molecule has 0 radical (unpaired) electrons. The van der Waals surface area contributed by atoms with E-state index < -0.39 is 0 Å². The topological polar surface area (TPSA) is 75.3 Å². The van der Waals surface area contributed by atoms with E-state index in [0.717, 1.165) is 4.47 Å². The molecule has 2 rings (SSSR count). The lowest BCUT2D eigenvalue weighted by Gasteiger charge is -2.07. The number of hydrogen-bond acceptors (Lipinski definition) is 3. The Morgan fingerprint density at radius 1 is 0.800 bits per heavy atom. The first kappa shape index (κ1) is 18.9. The molecule has 5 nitrogen and oxygen atoms in total. The highest BCUT2D eigenvalue weighted by Gasteiger charge is 2.09. The van der Waals surface area contributed by atoms with Crippen molar-refractivity contribution >= 4 is 39.2 Å². The van der Waals surface area contributed by atoms with Gasteiger partial charge in [0.05, 0.1) is 0 Å². The van der Waals surface area contributed by atoms with Crippen LogP contribution in [0.1, 0.15) is 29.6 Å². The molecule has 25 heavy (non-hydrogen) atoms. The zero-order valence-electron chi connectivity index (χ0n) is 13.6. The monoisotopic (exact) mass is 402 g/mol. The number of amides is 2. The van der Waals surface area contributed by atoms with Gasteiger partial charge in [-0.25, -0.2) is 0 Å².